The van der Waals surface area contributed by atoms with Crippen molar-refractivity contribution in [1.29, 1.82) is 0 Å². The Hall–Kier alpha value is -1.29. The molecule has 1 atom stereocenters. The van der Waals surface area contributed by atoms with Gasteiger partial charge in [-0.3, -0.25) is 0 Å². The number of hydrogen-bond acceptors (Lipinski definition) is 1. The Morgan fingerprint density at radius 2 is 1.45 bits per heavy atom. The number of nitrogens with zero attached hydrogens (tertiary/aromatic N) is 1. The van der Waals surface area contributed by atoms with Gasteiger partial charge in [0.15, 0.2) is 0 Å². The first kappa shape index (κ1) is 18.8. The van der Waals surface area contributed by atoms with Crippen LogP contribution in [0.25, 0.3) is 0 Å². The smallest absolute Gasteiger partial charge is 0.379 e. The van der Waals surface area contributed by atoms with Crippen molar-refractivity contribution < 1.29 is 18.9 Å². The van der Waals surface area contributed by atoms with Gasteiger partial charge >= 0.3 is 18.9 Å². The molecule has 0 radical (unpaired) electrons. The molecule has 1 nitrogen and oxygen atoms in total. The van der Waals surface area contributed by atoms with Crippen molar-refractivity contribution in [2.24, 2.45) is 5.92 Å². The van der Waals surface area contributed by atoms with Gasteiger partial charge in [0.05, 0.1) is 0 Å². The van der Waals surface area contributed by atoms with E-state index in [4.69, 9.17) is 0 Å². The molecule has 0 heterocycles. The minimum Gasteiger partial charge on any atom is -0.379 e. The van der Waals surface area contributed by atoms with E-state index in [1.54, 1.807) is 0 Å². The molecule has 0 saturated carbocycles. The summed E-state index contributed by atoms with van der Waals surface area (Å²) in [6, 6.07) is 19.7. The minimum absolute atomic E-state index is 0. The molecule has 0 aliphatic rings. The molecule has 2 aromatic rings. The summed E-state index contributed by atoms with van der Waals surface area (Å²) >= 11 is 0. The molecule has 22 heavy (non-hydrogen) atoms. The predicted octanol–water partition coefficient (Wildman–Crippen LogP) is 2.16. The van der Waals surface area contributed by atoms with Gasteiger partial charge < -0.3 is 4.90 Å². The summed E-state index contributed by atoms with van der Waals surface area (Å²) in [5.41, 5.74) is 3.93. The standard InChI is InChI=1S/C20H26N.Li/c1-5-16(2)15-20(17-9-7-6-8-10-17)18-11-13-19(14-12-18)21(3)4;/h6-14,16H,5,15H2,1-4H3;/q-1;+1. The van der Waals surface area contributed by atoms with Crippen molar-refractivity contribution in [3.05, 3.63) is 71.6 Å². The summed E-state index contributed by atoms with van der Waals surface area (Å²) in [4.78, 5) is 2.14. The fourth-order valence-electron chi connectivity index (χ4n) is 2.50. The average Bonchev–Trinajstić information content (AvgIpc) is 2.53. The number of hydrogen-bond donors (Lipinski definition) is 0. The van der Waals surface area contributed by atoms with Crippen molar-refractivity contribution in [1.82, 2.24) is 0 Å². The number of anilines is 1. The van der Waals surface area contributed by atoms with Crippen molar-refractivity contribution >= 4 is 5.69 Å². The zero-order chi connectivity index (χ0) is 15.2. The van der Waals surface area contributed by atoms with E-state index in [1.807, 2.05) is 0 Å². The van der Waals surface area contributed by atoms with E-state index >= 15 is 0 Å². The molecule has 2 rings (SSSR count). The van der Waals surface area contributed by atoms with Crippen molar-refractivity contribution in [2.75, 3.05) is 19.0 Å². The summed E-state index contributed by atoms with van der Waals surface area (Å²) in [6.45, 7) is 4.60. The third-order valence-corrected chi connectivity index (χ3v) is 4.10. The molecular formula is C20H26LiN. The molecule has 0 aliphatic carbocycles. The SMILES string of the molecule is CCC(C)C[C-](c1ccccc1)c1ccc(N(C)C)cc1.[Li+]. The quantitative estimate of drug-likeness (QED) is 0.581. The molecular weight excluding hydrogens is 261 g/mol. The largest absolute Gasteiger partial charge is 1.00 e. The first-order valence-corrected chi connectivity index (χ1v) is 7.80. The minimum atomic E-state index is 0. The van der Waals surface area contributed by atoms with Crippen LogP contribution in [0, 0.1) is 11.8 Å². The maximum absolute atomic E-state index is 2.33. The van der Waals surface area contributed by atoms with Gasteiger partial charge in [0, 0.05) is 19.8 Å². The molecule has 0 bridgehead atoms. The van der Waals surface area contributed by atoms with E-state index in [-0.39, 0.29) is 18.9 Å². The molecule has 2 heteroatoms. The van der Waals surface area contributed by atoms with Gasteiger partial charge in [-0.2, -0.15) is 0 Å². The van der Waals surface area contributed by atoms with Crippen molar-refractivity contribution in [3.63, 3.8) is 0 Å². The third-order valence-electron chi connectivity index (χ3n) is 4.10. The maximum atomic E-state index is 2.33. The maximum Gasteiger partial charge on any atom is 1.00 e. The second-order valence-corrected chi connectivity index (χ2v) is 6.00. The molecule has 0 spiro atoms. The van der Waals surface area contributed by atoms with E-state index in [2.05, 4.69) is 87.4 Å². The second-order valence-electron chi connectivity index (χ2n) is 6.00. The summed E-state index contributed by atoms with van der Waals surface area (Å²) in [5.74, 6) is 2.16. The van der Waals surface area contributed by atoms with Crippen LogP contribution in [0.5, 0.6) is 0 Å². The molecule has 2 aromatic carbocycles. The van der Waals surface area contributed by atoms with Gasteiger partial charge in [-0.15, -0.1) is 41.3 Å². The van der Waals surface area contributed by atoms with Crippen LogP contribution in [0.4, 0.5) is 5.69 Å². The van der Waals surface area contributed by atoms with Gasteiger partial charge in [-0.25, -0.2) is 0 Å². The van der Waals surface area contributed by atoms with E-state index < -0.39 is 0 Å². The zero-order valence-electron chi connectivity index (χ0n) is 14.6. The van der Waals surface area contributed by atoms with Crippen LogP contribution in [0.15, 0.2) is 54.6 Å². The van der Waals surface area contributed by atoms with Crippen LogP contribution in [0.2, 0.25) is 0 Å². The van der Waals surface area contributed by atoms with E-state index in [9.17, 15) is 0 Å². The van der Waals surface area contributed by atoms with E-state index in [0.717, 1.165) is 6.42 Å². The molecule has 0 N–H and O–H groups in total. The molecule has 0 aliphatic heterocycles. The number of rotatable bonds is 6. The molecule has 0 amide bonds. The normalized spacial score (nSPS) is 11.5. The van der Waals surface area contributed by atoms with Crippen LogP contribution in [0.3, 0.4) is 0 Å². The third kappa shape index (κ3) is 4.87. The molecule has 1 unspecified atom stereocenters. The van der Waals surface area contributed by atoms with Crippen LogP contribution in [-0.2, 0) is 0 Å². The van der Waals surface area contributed by atoms with Gasteiger partial charge in [0.25, 0.3) is 0 Å². The Kier molecular flexibility index (Phi) is 7.66. The molecule has 112 valence electrons. The van der Waals surface area contributed by atoms with Gasteiger partial charge in [0.2, 0.25) is 0 Å². The fourth-order valence-corrected chi connectivity index (χ4v) is 2.50. The van der Waals surface area contributed by atoms with Crippen molar-refractivity contribution in [2.45, 2.75) is 26.7 Å². The summed E-state index contributed by atoms with van der Waals surface area (Å²) in [6.07, 6.45) is 2.34. The van der Waals surface area contributed by atoms with Gasteiger partial charge in [0.1, 0.15) is 0 Å². The Labute approximate surface area is 147 Å². The number of benzene rings is 2. The topological polar surface area (TPSA) is 3.24 Å². The first-order chi connectivity index (χ1) is 10.1. The fraction of sp³-hybridized carbons (Fsp3) is 0.350. The summed E-state index contributed by atoms with van der Waals surface area (Å²) < 4.78 is 0. The Bertz CT molecular complexity index is 533. The Morgan fingerprint density at radius 3 is 1.95 bits per heavy atom. The van der Waals surface area contributed by atoms with Crippen LogP contribution >= 0.6 is 0 Å². The zero-order valence-corrected chi connectivity index (χ0v) is 14.6. The predicted molar refractivity (Wildman–Crippen MR) is 92.7 cm³/mol. The summed E-state index contributed by atoms with van der Waals surface area (Å²) in [7, 11) is 4.16. The Morgan fingerprint density at radius 1 is 0.909 bits per heavy atom. The van der Waals surface area contributed by atoms with Crippen LogP contribution in [-0.4, -0.2) is 14.1 Å². The average molecular weight is 287 g/mol. The van der Waals surface area contributed by atoms with Crippen LogP contribution < -0.4 is 23.8 Å². The van der Waals surface area contributed by atoms with E-state index in [0.29, 0.717) is 5.92 Å². The van der Waals surface area contributed by atoms with Crippen LogP contribution in [0.1, 0.15) is 37.8 Å². The van der Waals surface area contributed by atoms with Gasteiger partial charge in [-0.05, 0) is 5.92 Å². The molecule has 0 aromatic heterocycles. The summed E-state index contributed by atoms with van der Waals surface area (Å²) in [5, 5.41) is 0. The van der Waals surface area contributed by atoms with Crippen molar-refractivity contribution in [3.8, 4) is 0 Å². The van der Waals surface area contributed by atoms with E-state index in [1.165, 1.54) is 29.2 Å². The second kappa shape index (κ2) is 8.98. The Balaban J connectivity index is 0.00000242. The monoisotopic (exact) mass is 287 g/mol. The molecule has 0 fully saturated rings. The molecule has 0 saturated heterocycles. The first-order valence-electron chi connectivity index (χ1n) is 7.80. The van der Waals surface area contributed by atoms with Gasteiger partial charge in [-0.1, -0.05) is 57.0 Å².